The van der Waals surface area contributed by atoms with Gasteiger partial charge in [-0.25, -0.2) is 0 Å². The minimum atomic E-state index is -1.43. The Morgan fingerprint density at radius 1 is 1.02 bits per heavy atom. The van der Waals surface area contributed by atoms with Gasteiger partial charge in [-0.05, 0) is 119 Å². The van der Waals surface area contributed by atoms with Crippen molar-refractivity contribution in [3.05, 3.63) is 12.2 Å². The van der Waals surface area contributed by atoms with Crippen LogP contribution in [0.2, 0.25) is 0 Å². The molecule has 11 heteroatoms. The Balaban J connectivity index is 1.70. The van der Waals surface area contributed by atoms with Gasteiger partial charge in [-0.2, -0.15) is 0 Å². The van der Waals surface area contributed by atoms with Crippen molar-refractivity contribution in [3.63, 3.8) is 0 Å². The quantitative estimate of drug-likeness (QED) is 0.122. The third-order valence-corrected chi connectivity index (χ3v) is 13.8. The summed E-state index contributed by atoms with van der Waals surface area (Å²) < 4.78 is 17.7. The van der Waals surface area contributed by atoms with Crippen molar-refractivity contribution in [2.24, 2.45) is 39.9 Å². The molecule has 0 spiro atoms. The molecule has 48 heavy (non-hydrogen) atoms. The average Bonchev–Trinajstić information content (AvgIpc) is 3.48. The number of carbonyl (C=O) groups excluding carboxylic acids is 1. The lowest BCUT2D eigenvalue weighted by atomic mass is 9.37. The number of hydrogen-bond acceptors (Lipinski definition) is 10. The number of carbonyl (C=O) groups is 2. The Kier molecular flexibility index (Phi) is 11.3. The maximum absolute atomic E-state index is 12.2. The van der Waals surface area contributed by atoms with Crippen LogP contribution >= 0.6 is 0 Å². The molecule has 4 aliphatic rings. The summed E-state index contributed by atoms with van der Waals surface area (Å²) in [4.78, 5) is 23.3. The maximum atomic E-state index is 12.2. The van der Waals surface area contributed by atoms with E-state index < -0.39 is 60.0 Å². The molecule has 1 saturated heterocycles. The molecular formula is C37H62O11. The van der Waals surface area contributed by atoms with Crippen LogP contribution in [0.3, 0.4) is 0 Å². The number of carboxylic acid groups (broad SMARTS) is 1. The molecule has 0 aromatic heterocycles. The first-order valence-electron chi connectivity index (χ1n) is 17.8. The minimum Gasteiger partial charge on any atom is -0.481 e. The van der Waals surface area contributed by atoms with Gasteiger partial charge in [0, 0.05) is 13.3 Å². The van der Waals surface area contributed by atoms with Crippen LogP contribution < -0.4 is 0 Å². The van der Waals surface area contributed by atoms with Gasteiger partial charge in [-0.3, -0.25) is 9.59 Å². The first kappa shape index (κ1) is 39.2. The van der Waals surface area contributed by atoms with Crippen molar-refractivity contribution in [1.82, 2.24) is 0 Å². The zero-order valence-electron chi connectivity index (χ0n) is 30.3. The number of ether oxygens (including phenoxy) is 3. The first-order valence-corrected chi connectivity index (χ1v) is 17.8. The maximum Gasteiger partial charge on any atom is 0.303 e. The summed E-state index contributed by atoms with van der Waals surface area (Å²) in [7, 11) is 0. The lowest BCUT2D eigenvalue weighted by Gasteiger charge is -2.67. The molecule has 1 heterocycles. The third-order valence-electron chi connectivity index (χ3n) is 13.8. The zero-order valence-corrected chi connectivity index (χ0v) is 30.3. The van der Waals surface area contributed by atoms with Crippen molar-refractivity contribution < 1.29 is 54.4 Å². The SMILES string of the molecule is C=C(C)[C@@H]1CC[C@]2(C)C(C[C@@H](O)C3[C@@H]([C@](C)(CCC(O)C(C)(C)O)O[C@@H]4O[C@@H](COC(C)=O)[C@H](O)[C@H]4O)CC[C@]32C)[C@@]1(C)CCC(=O)O. The van der Waals surface area contributed by atoms with Crippen molar-refractivity contribution in [2.75, 3.05) is 6.61 Å². The molecule has 0 amide bonds. The Labute approximate surface area is 286 Å². The second-order valence-corrected chi connectivity index (χ2v) is 17.2. The summed E-state index contributed by atoms with van der Waals surface area (Å²) in [5.41, 5.74) is -2.33. The number of aliphatic hydroxyl groups is 5. The van der Waals surface area contributed by atoms with E-state index in [4.69, 9.17) is 14.2 Å². The molecule has 0 aromatic carbocycles. The molecule has 3 aliphatic carbocycles. The molecule has 3 unspecified atom stereocenters. The van der Waals surface area contributed by atoms with E-state index in [1.165, 1.54) is 20.8 Å². The van der Waals surface area contributed by atoms with Gasteiger partial charge in [0.15, 0.2) is 6.29 Å². The largest absolute Gasteiger partial charge is 0.481 e. The van der Waals surface area contributed by atoms with Crippen molar-refractivity contribution >= 4 is 11.9 Å². The van der Waals surface area contributed by atoms with Gasteiger partial charge in [0.1, 0.15) is 24.9 Å². The summed E-state index contributed by atoms with van der Waals surface area (Å²) >= 11 is 0. The fraction of sp³-hybridized carbons (Fsp3) is 0.892. The highest BCUT2D eigenvalue weighted by molar-refractivity contribution is 5.66. The van der Waals surface area contributed by atoms with E-state index in [2.05, 4.69) is 27.4 Å². The first-order chi connectivity index (χ1) is 22.0. The number of aliphatic carboxylic acids is 1. The van der Waals surface area contributed by atoms with Gasteiger partial charge in [-0.1, -0.05) is 32.9 Å². The van der Waals surface area contributed by atoms with Gasteiger partial charge >= 0.3 is 11.9 Å². The van der Waals surface area contributed by atoms with Crippen LogP contribution in [-0.2, 0) is 23.8 Å². The van der Waals surface area contributed by atoms with Crippen molar-refractivity contribution in [3.8, 4) is 0 Å². The average molecular weight is 683 g/mol. The number of fused-ring (bicyclic) bond motifs is 3. The highest BCUT2D eigenvalue weighted by atomic mass is 16.7. The number of carboxylic acids is 1. The summed E-state index contributed by atoms with van der Waals surface area (Å²) in [5.74, 6) is -1.65. The standard InChI is InChI=1S/C37H62O11/c1-20(2)22-10-15-35(7)26(34(22,6)14-13-28(41)42)18-24(39)29-23(11-16-36(29,35)8)37(9,17-12-27(40)33(4,5)45)48-32-31(44)30(43)25(47-32)19-46-21(3)38/h22-27,29-32,39-40,43-45H,1,10-19H2,2-9H3,(H,41,42)/t22-,23-,24+,25-,26?,27?,29?,30-,31+,32-,34-,35+,36+,37-/m0/s1. The van der Waals surface area contributed by atoms with Crippen LogP contribution in [0.4, 0.5) is 0 Å². The molecule has 1 aliphatic heterocycles. The highest BCUT2D eigenvalue weighted by Gasteiger charge is 2.70. The second kappa shape index (κ2) is 13.8. The van der Waals surface area contributed by atoms with E-state index in [0.717, 1.165) is 24.8 Å². The molecule has 276 valence electrons. The van der Waals surface area contributed by atoms with E-state index in [9.17, 15) is 40.2 Å². The lowest BCUT2D eigenvalue weighted by Crippen LogP contribution is -2.64. The zero-order chi connectivity index (χ0) is 36.2. The van der Waals surface area contributed by atoms with Crippen LogP contribution in [0.15, 0.2) is 12.2 Å². The lowest BCUT2D eigenvalue weighted by molar-refractivity contribution is -0.262. The molecule has 4 fully saturated rings. The van der Waals surface area contributed by atoms with E-state index >= 15 is 0 Å². The summed E-state index contributed by atoms with van der Waals surface area (Å²) in [6.45, 7) is 19.1. The van der Waals surface area contributed by atoms with Gasteiger partial charge in [0.2, 0.25) is 0 Å². The predicted octanol–water partition coefficient (Wildman–Crippen LogP) is 3.96. The smallest absolute Gasteiger partial charge is 0.303 e. The molecule has 0 radical (unpaired) electrons. The summed E-state index contributed by atoms with van der Waals surface area (Å²) in [6, 6.07) is 0. The number of rotatable bonds is 13. The monoisotopic (exact) mass is 682 g/mol. The summed E-state index contributed by atoms with van der Waals surface area (Å²) in [6.07, 6.45) is -2.08. The second-order valence-electron chi connectivity index (χ2n) is 17.2. The number of esters is 1. The molecule has 14 atom stereocenters. The van der Waals surface area contributed by atoms with Gasteiger partial charge in [0.05, 0.1) is 23.4 Å². The minimum absolute atomic E-state index is 0.0508. The number of hydrogen-bond donors (Lipinski definition) is 6. The Hall–Kier alpha value is -1.60. The molecular weight excluding hydrogens is 620 g/mol. The van der Waals surface area contributed by atoms with Crippen molar-refractivity contribution in [2.45, 2.75) is 161 Å². The normalized spacial score (nSPS) is 43.1. The van der Waals surface area contributed by atoms with Gasteiger partial charge in [-0.15, -0.1) is 0 Å². The van der Waals surface area contributed by atoms with Crippen molar-refractivity contribution in [1.29, 1.82) is 0 Å². The Bertz CT molecular complexity index is 1200. The Morgan fingerprint density at radius 3 is 2.21 bits per heavy atom. The number of aliphatic hydroxyl groups excluding tert-OH is 4. The molecule has 11 nitrogen and oxygen atoms in total. The van der Waals surface area contributed by atoms with E-state index in [-0.39, 0.29) is 65.8 Å². The predicted molar refractivity (Wildman–Crippen MR) is 177 cm³/mol. The van der Waals surface area contributed by atoms with E-state index in [1.54, 1.807) is 0 Å². The van der Waals surface area contributed by atoms with Gasteiger partial charge < -0.3 is 44.8 Å². The molecule has 4 rings (SSSR count). The molecule has 3 saturated carbocycles. The van der Waals surface area contributed by atoms with Crippen LogP contribution in [0, 0.1) is 39.9 Å². The van der Waals surface area contributed by atoms with E-state index in [0.29, 0.717) is 19.3 Å². The molecule has 6 N–H and O–H groups in total. The molecule has 0 aromatic rings. The van der Waals surface area contributed by atoms with Crippen LogP contribution in [-0.4, -0.2) is 97.2 Å². The third kappa shape index (κ3) is 6.99. The van der Waals surface area contributed by atoms with Gasteiger partial charge in [0.25, 0.3) is 0 Å². The summed E-state index contributed by atoms with van der Waals surface area (Å²) in [5, 5.41) is 65.2. The topological polar surface area (TPSA) is 183 Å². The Morgan fingerprint density at radius 2 is 1.65 bits per heavy atom. The fourth-order valence-corrected chi connectivity index (χ4v) is 10.9. The highest BCUT2D eigenvalue weighted by Crippen LogP contribution is 2.74. The molecule has 0 bridgehead atoms. The fourth-order valence-electron chi connectivity index (χ4n) is 10.9. The van der Waals surface area contributed by atoms with Crippen LogP contribution in [0.1, 0.15) is 113 Å². The van der Waals surface area contributed by atoms with E-state index in [1.807, 2.05) is 13.8 Å². The van der Waals surface area contributed by atoms with Crippen LogP contribution in [0.25, 0.3) is 0 Å². The number of allylic oxidation sites excluding steroid dienone is 1. The van der Waals surface area contributed by atoms with Crippen LogP contribution in [0.5, 0.6) is 0 Å².